The molecule has 1 aromatic carbocycles. The Morgan fingerprint density at radius 1 is 1.28 bits per heavy atom. The highest BCUT2D eigenvalue weighted by Crippen LogP contribution is 2.19. The van der Waals surface area contributed by atoms with Crippen LogP contribution in [0.4, 0.5) is 0 Å². The van der Waals surface area contributed by atoms with Crippen LogP contribution in [-0.4, -0.2) is 37.3 Å². The molecule has 1 unspecified atom stereocenters. The first-order valence-electron chi connectivity index (χ1n) is 5.94. The van der Waals surface area contributed by atoms with Crippen molar-refractivity contribution < 1.29 is 13.2 Å². The van der Waals surface area contributed by atoms with Crippen LogP contribution in [0.15, 0.2) is 24.3 Å². The van der Waals surface area contributed by atoms with Crippen LogP contribution in [0.1, 0.15) is 18.1 Å². The molecule has 1 aliphatic heterocycles. The Labute approximate surface area is 108 Å². The maximum atomic E-state index is 12.1. The molecule has 0 aromatic heterocycles. The molecule has 1 amide bonds. The summed E-state index contributed by atoms with van der Waals surface area (Å²) in [6.45, 7) is 2.56. The van der Waals surface area contributed by atoms with Crippen molar-refractivity contribution in [2.24, 2.45) is 0 Å². The first kappa shape index (κ1) is 13.1. The van der Waals surface area contributed by atoms with Gasteiger partial charge in [-0.2, -0.15) is 0 Å². The molecule has 0 spiro atoms. The van der Waals surface area contributed by atoms with Crippen molar-refractivity contribution in [3.05, 3.63) is 35.4 Å². The first-order valence-corrected chi connectivity index (χ1v) is 7.89. The Kier molecular flexibility index (Phi) is 3.43. The molecule has 0 radical (unpaired) electrons. The van der Waals surface area contributed by atoms with Crippen LogP contribution < -0.4 is 0 Å². The molecule has 1 aromatic rings. The highest BCUT2D eigenvalue weighted by molar-refractivity contribution is 7.92. The molecule has 0 bridgehead atoms. The van der Waals surface area contributed by atoms with Crippen molar-refractivity contribution in [1.82, 2.24) is 4.90 Å². The van der Waals surface area contributed by atoms with Crippen molar-refractivity contribution in [1.29, 1.82) is 0 Å². The molecule has 1 atom stereocenters. The van der Waals surface area contributed by atoms with Gasteiger partial charge < -0.3 is 4.90 Å². The van der Waals surface area contributed by atoms with Crippen molar-refractivity contribution in [3.63, 3.8) is 0 Å². The molecule has 1 heterocycles. The van der Waals surface area contributed by atoms with Gasteiger partial charge in [-0.15, -0.1) is 0 Å². The minimum atomic E-state index is -3.32. The lowest BCUT2D eigenvalue weighted by atomic mass is 10.00. The molecule has 0 N–H and O–H groups in total. The molecular weight excluding hydrogens is 250 g/mol. The summed E-state index contributed by atoms with van der Waals surface area (Å²) in [4.78, 5) is 13.7. The molecule has 5 heteroatoms. The third-order valence-corrected chi connectivity index (χ3v) is 4.92. The van der Waals surface area contributed by atoms with Crippen molar-refractivity contribution >= 4 is 15.7 Å². The lowest BCUT2D eigenvalue weighted by Crippen LogP contribution is -2.43. The quantitative estimate of drug-likeness (QED) is 0.803. The van der Waals surface area contributed by atoms with E-state index in [2.05, 4.69) is 6.07 Å². The average molecular weight is 267 g/mol. The Hall–Kier alpha value is -1.36. The fourth-order valence-corrected chi connectivity index (χ4v) is 2.64. The van der Waals surface area contributed by atoms with Gasteiger partial charge in [0.05, 0.1) is 0 Å². The molecule has 0 fully saturated rings. The van der Waals surface area contributed by atoms with Gasteiger partial charge in [0.15, 0.2) is 9.84 Å². The minimum Gasteiger partial charge on any atom is -0.337 e. The second-order valence-electron chi connectivity index (χ2n) is 4.75. The van der Waals surface area contributed by atoms with Crippen LogP contribution >= 0.6 is 0 Å². The summed E-state index contributed by atoms with van der Waals surface area (Å²) in [5.74, 6) is -0.299. The summed E-state index contributed by atoms with van der Waals surface area (Å²) in [5, 5.41) is -0.956. The molecule has 0 saturated carbocycles. The molecule has 4 nitrogen and oxygen atoms in total. The molecule has 0 aliphatic carbocycles. The van der Waals surface area contributed by atoms with Crippen LogP contribution in [0.2, 0.25) is 0 Å². The zero-order chi connectivity index (χ0) is 13.3. The zero-order valence-corrected chi connectivity index (χ0v) is 11.4. The van der Waals surface area contributed by atoms with Crippen LogP contribution in [0, 0.1) is 0 Å². The van der Waals surface area contributed by atoms with Crippen LogP contribution in [0.3, 0.4) is 0 Å². The summed E-state index contributed by atoms with van der Waals surface area (Å²) >= 11 is 0. The van der Waals surface area contributed by atoms with E-state index in [0.29, 0.717) is 13.1 Å². The van der Waals surface area contributed by atoms with E-state index < -0.39 is 15.1 Å². The minimum absolute atomic E-state index is 0.299. The summed E-state index contributed by atoms with van der Waals surface area (Å²) in [6.07, 6.45) is 1.89. The van der Waals surface area contributed by atoms with Gasteiger partial charge >= 0.3 is 0 Å². The number of hydrogen-bond acceptors (Lipinski definition) is 3. The van der Waals surface area contributed by atoms with Gasteiger partial charge in [0.25, 0.3) is 0 Å². The Morgan fingerprint density at radius 3 is 2.50 bits per heavy atom. The van der Waals surface area contributed by atoms with Crippen molar-refractivity contribution in [2.45, 2.75) is 25.1 Å². The number of fused-ring (bicyclic) bond motifs is 1. The van der Waals surface area contributed by atoms with Gasteiger partial charge in [-0.1, -0.05) is 24.3 Å². The third-order valence-electron chi connectivity index (χ3n) is 3.43. The number of benzene rings is 1. The third kappa shape index (κ3) is 2.56. The Balaban J connectivity index is 2.17. The number of carbonyl (C=O) groups excluding carboxylic acids is 1. The number of carbonyl (C=O) groups is 1. The number of amides is 1. The predicted octanol–water partition coefficient (Wildman–Crippen LogP) is 1.00. The normalized spacial score (nSPS) is 17.1. The molecule has 2 rings (SSSR count). The SMILES string of the molecule is CC(C(=O)N1CCc2ccccc2C1)S(C)(=O)=O. The van der Waals surface area contributed by atoms with Gasteiger partial charge in [-0.05, 0) is 24.5 Å². The number of nitrogens with zero attached hydrogens (tertiary/aromatic N) is 1. The van der Waals surface area contributed by atoms with E-state index in [-0.39, 0.29) is 5.91 Å². The van der Waals surface area contributed by atoms with Crippen LogP contribution in [0.25, 0.3) is 0 Å². The van der Waals surface area contributed by atoms with E-state index in [0.717, 1.165) is 18.2 Å². The smallest absolute Gasteiger partial charge is 0.240 e. The summed E-state index contributed by atoms with van der Waals surface area (Å²) in [7, 11) is -3.32. The predicted molar refractivity (Wildman–Crippen MR) is 69.9 cm³/mol. The standard InChI is InChI=1S/C13H17NO3S/c1-10(18(2,16)17)13(15)14-8-7-11-5-3-4-6-12(11)9-14/h3-6,10H,7-9H2,1-2H3. The van der Waals surface area contributed by atoms with Gasteiger partial charge in [-0.3, -0.25) is 4.79 Å². The van der Waals surface area contributed by atoms with Crippen LogP contribution in [-0.2, 0) is 27.6 Å². The van der Waals surface area contributed by atoms with Crippen molar-refractivity contribution in [3.8, 4) is 0 Å². The van der Waals surface area contributed by atoms with Gasteiger partial charge in [0.2, 0.25) is 5.91 Å². The van der Waals surface area contributed by atoms with E-state index in [1.165, 1.54) is 12.5 Å². The largest absolute Gasteiger partial charge is 0.337 e. The molecule has 18 heavy (non-hydrogen) atoms. The fourth-order valence-electron chi connectivity index (χ4n) is 2.12. The average Bonchev–Trinajstić information content (AvgIpc) is 2.35. The van der Waals surface area contributed by atoms with E-state index in [1.54, 1.807) is 4.90 Å². The summed E-state index contributed by atoms with van der Waals surface area (Å²) in [5.41, 5.74) is 2.35. The van der Waals surface area contributed by atoms with Crippen molar-refractivity contribution in [2.75, 3.05) is 12.8 Å². The lowest BCUT2D eigenvalue weighted by molar-refractivity contribution is -0.131. The maximum absolute atomic E-state index is 12.1. The van der Waals surface area contributed by atoms with E-state index in [4.69, 9.17) is 0 Å². The fraction of sp³-hybridized carbons (Fsp3) is 0.462. The second-order valence-corrected chi connectivity index (χ2v) is 7.12. The second kappa shape index (κ2) is 4.72. The maximum Gasteiger partial charge on any atom is 0.240 e. The lowest BCUT2D eigenvalue weighted by Gasteiger charge is -2.30. The highest BCUT2D eigenvalue weighted by atomic mass is 32.2. The number of rotatable bonds is 2. The first-order chi connectivity index (χ1) is 8.39. The van der Waals surface area contributed by atoms with Gasteiger partial charge in [-0.25, -0.2) is 8.42 Å². The molecule has 0 saturated heterocycles. The van der Waals surface area contributed by atoms with Gasteiger partial charge in [0, 0.05) is 19.3 Å². The number of hydrogen-bond donors (Lipinski definition) is 0. The van der Waals surface area contributed by atoms with Gasteiger partial charge in [0.1, 0.15) is 5.25 Å². The summed E-state index contributed by atoms with van der Waals surface area (Å²) in [6, 6.07) is 7.96. The van der Waals surface area contributed by atoms with Crippen LogP contribution in [0.5, 0.6) is 0 Å². The Bertz CT molecular complexity index is 565. The van der Waals surface area contributed by atoms with E-state index >= 15 is 0 Å². The molecule has 98 valence electrons. The van der Waals surface area contributed by atoms with E-state index in [1.807, 2.05) is 18.2 Å². The summed E-state index contributed by atoms with van der Waals surface area (Å²) < 4.78 is 22.8. The zero-order valence-electron chi connectivity index (χ0n) is 10.6. The van der Waals surface area contributed by atoms with E-state index in [9.17, 15) is 13.2 Å². The molecular formula is C13H17NO3S. The monoisotopic (exact) mass is 267 g/mol. The number of sulfone groups is 1. The molecule has 1 aliphatic rings. The Morgan fingerprint density at radius 2 is 1.89 bits per heavy atom. The highest BCUT2D eigenvalue weighted by Gasteiger charge is 2.30. The topological polar surface area (TPSA) is 54.5 Å².